The number of nitrogens with zero attached hydrogens (tertiary/aromatic N) is 1. The van der Waals surface area contributed by atoms with Gasteiger partial charge in [-0.25, -0.2) is 4.98 Å². The number of unbranched alkanes of at least 4 members (excludes halogenated alkanes) is 1. The molecule has 0 atom stereocenters. The van der Waals surface area contributed by atoms with Crippen molar-refractivity contribution >= 4 is 55.4 Å². The van der Waals surface area contributed by atoms with Crippen LogP contribution < -0.4 is 16.8 Å². The predicted molar refractivity (Wildman–Crippen MR) is 115 cm³/mol. The number of aryl methyl sites for hydroxylation is 2. The van der Waals surface area contributed by atoms with Crippen LogP contribution in [0.15, 0.2) is 12.1 Å². The number of aromatic nitrogens is 1. The lowest BCUT2D eigenvalue weighted by Gasteiger charge is -2.05. The number of hydrogen-bond acceptors (Lipinski definition) is 6. The third kappa shape index (κ3) is 3.27. The van der Waals surface area contributed by atoms with Crippen LogP contribution in [0, 0.1) is 0 Å². The minimum absolute atomic E-state index is 0.321. The molecular formula is C20H22N4O2S2. The number of nitrogens with one attached hydrogen (secondary N) is 1. The largest absolute Gasteiger partial charge is 0.397 e. The maximum Gasteiger partial charge on any atom is 0.268 e. The monoisotopic (exact) mass is 414 g/mol. The number of carbonyl (C=O) groups is 2. The fraction of sp³-hybridized carbons (Fsp3) is 0.350. The van der Waals surface area contributed by atoms with Crippen LogP contribution in [0.4, 0.5) is 10.7 Å². The molecule has 0 fully saturated rings. The van der Waals surface area contributed by atoms with E-state index in [0.717, 1.165) is 64.9 Å². The second-order valence-corrected chi connectivity index (χ2v) is 9.09. The zero-order valence-electron chi connectivity index (χ0n) is 15.6. The van der Waals surface area contributed by atoms with Gasteiger partial charge in [0.05, 0.1) is 11.3 Å². The summed E-state index contributed by atoms with van der Waals surface area (Å²) in [6.45, 7) is 2.14. The Kier molecular flexibility index (Phi) is 5.07. The molecule has 1 aliphatic rings. The van der Waals surface area contributed by atoms with Crippen molar-refractivity contribution in [2.45, 2.75) is 45.4 Å². The van der Waals surface area contributed by atoms with E-state index in [2.05, 4.69) is 17.2 Å². The Morgan fingerprint density at radius 1 is 1.25 bits per heavy atom. The summed E-state index contributed by atoms with van der Waals surface area (Å²) in [6.07, 6.45) is 5.86. The van der Waals surface area contributed by atoms with Crippen molar-refractivity contribution in [2.24, 2.45) is 5.73 Å². The molecule has 3 heterocycles. The first kappa shape index (κ1) is 18.9. The maximum absolute atomic E-state index is 12.9. The van der Waals surface area contributed by atoms with Gasteiger partial charge in [0.2, 0.25) is 0 Å². The van der Waals surface area contributed by atoms with Crippen LogP contribution in [0.1, 0.15) is 62.4 Å². The number of nitrogen functional groups attached to an aromatic ring is 1. The average Bonchev–Trinajstić information content (AvgIpc) is 3.32. The standard InChI is InChI=1S/C20H22N4O2S2/c1-2-3-5-10-8-9-12-15(21)16(28-19(12)23-10)18(26)24-20-14(17(22)25)11-6-4-7-13(11)27-20/h8-9H,2-7,21H2,1H3,(H2,22,25)(H,24,26). The SMILES string of the molecule is CCCCc1ccc2c(N)c(C(=O)Nc3sc4c(c3C(N)=O)CCC4)sc2n1. The Morgan fingerprint density at radius 2 is 2.07 bits per heavy atom. The first-order chi connectivity index (χ1) is 13.5. The van der Waals surface area contributed by atoms with Crippen molar-refractivity contribution in [3.63, 3.8) is 0 Å². The fourth-order valence-electron chi connectivity index (χ4n) is 3.61. The van der Waals surface area contributed by atoms with Crippen LogP contribution >= 0.6 is 22.7 Å². The number of nitrogens with two attached hydrogens (primary N) is 2. The van der Waals surface area contributed by atoms with Gasteiger partial charge >= 0.3 is 0 Å². The summed E-state index contributed by atoms with van der Waals surface area (Å²) in [5, 5.41) is 4.18. The topological polar surface area (TPSA) is 111 Å². The van der Waals surface area contributed by atoms with Gasteiger partial charge in [0, 0.05) is 16.0 Å². The van der Waals surface area contributed by atoms with E-state index in [0.29, 0.717) is 21.1 Å². The third-order valence-electron chi connectivity index (χ3n) is 5.04. The summed E-state index contributed by atoms with van der Waals surface area (Å²) in [4.78, 5) is 31.8. The smallest absolute Gasteiger partial charge is 0.268 e. The second kappa shape index (κ2) is 7.52. The first-order valence-corrected chi connectivity index (χ1v) is 11.1. The van der Waals surface area contributed by atoms with E-state index in [-0.39, 0.29) is 5.91 Å². The van der Waals surface area contributed by atoms with Crippen molar-refractivity contribution in [3.05, 3.63) is 38.7 Å². The molecule has 0 unspecified atom stereocenters. The van der Waals surface area contributed by atoms with Crippen molar-refractivity contribution in [3.8, 4) is 0 Å². The number of primary amides is 1. The van der Waals surface area contributed by atoms with Gasteiger partial charge in [0.25, 0.3) is 11.8 Å². The summed E-state index contributed by atoms with van der Waals surface area (Å²) in [5.41, 5.74) is 14.7. The number of amides is 2. The van der Waals surface area contributed by atoms with Crippen LogP contribution in [0.5, 0.6) is 0 Å². The molecule has 0 aromatic carbocycles. The first-order valence-electron chi connectivity index (χ1n) is 9.43. The Labute approximate surface area is 171 Å². The molecule has 0 bridgehead atoms. The van der Waals surface area contributed by atoms with E-state index in [1.807, 2.05) is 12.1 Å². The molecule has 2 amide bonds. The minimum atomic E-state index is -0.499. The van der Waals surface area contributed by atoms with Crippen molar-refractivity contribution < 1.29 is 9.59 Å². The second-order valence-electron chi connectivity index (χ2n) is 6.98. The molecule has 146 valence electrons. The van der Waals surface area contributed by atoms with Gasteiger partial charge < -0.3 is 16.8 Å². The van der Waals surface area contributed by atoms with Crippen LogP contribution in [0.3, 0.4) is 0 Å². The molecule has 3 aromatic heterocycles. The minimum Gasteiger partial charge on any atom is -0.397 e. The van der Waals surface area contributed by atoms with Crippen LogP contribution in [-0.4, -0.2) is 16.8 Å². The zero-order valence-corrected chi connectivity index (χ0v) is 17.3. The molecular weight excluding hydrogens is 392 g/mol. The molecule has 1 aliphatic carbocycles. The summed E-state index contributed by atoms with van der Waals surface area (Å²) in [5.74, 6) is -0.820. The highest BCUT2D eigenvalue weighted by atomic mass is 32.1. The number of thiophene rings is 2. The highest BCUT2D eigenvalue weighted by molar-refractivity contribution is 7.21. The molecule has 0 aliphatic heterocycles. The van der Waals surface area contributed by atoms with Gasteiger partial charge in [-0.05, 0) is 49.8 Å². The number of carbonyl (C=O) groups excluding carboxylic acids is 2. The normalized spacial score (nSPS) is 13.0. The van der Waals surface area contributed by atoms with Gasteiger partial charge in [-0.3, -0.25) is 9.59 Å². The molecule has 0 saturated carbocycles. The van der Waals surface area contributed by atoms with E-state index in [9.17, 15) is 9.59 Å². The van der Waals surface area contributed by atoms with Crippen LogP contribution in [0.2, 0.25) is 0 Å². The van der Waals surface area contributed by atoms with Crippen molar-refractivity contribution in [1.82, 2.24) is 4.98 Å². The molecule has 6 nitrogen and oxygen atoms in total. The molecule has 3 aromatic rings. The summed E-state index contributed by atoms with van der Waals surface area (Å²) >= 11 is 2.72. The Morgan fingerprint density at radius 3 is 2.82 bits per heavy atom. The van der Waals surface area contributed by atoms with E-state index < -0.39 is 5.91 Å². The molecule has 4 rings (SSSR count). The van der Waals surface area contributed by atoms with Crippen molar-refractivity contribution in [2.75, 3.05) is 11.1 Å². The van der Waals surface area contributed by atoms with E-state index in [1.54, 1.807) is 0 Å². The summed E-state index contributed by atoms with van der Waals surface area (Å²) in [7, 11) is 0. The predicted octanol–water partition coefficient (Wildman–Crippen LogP) is 4.12. The van der Waals surface area contributed by atoms with Gasteiger partial charge in [-0.2, -0.15) is 0 Å². The number of pyridine rings is 1. The average molecular weight is 415 g/mol. The van der Waals surface area contributed by atoms with E-state index in [4.69, 9.17) is 11.5 Å². The Hall–Kier alpha value is -2.45. The molecule has 8 heteroatoms. The van der Waals surface area contributed by atoms with Gasteiger partial charge in [0.1, 0.15) is 14.7 Å². The highest BCUT2D eigenvalue weighted by Crippen LogP contribution is 2.40. The third-order valence-corrected chi connectivity index (χ3v) is 7.36. The van der Waals surface area contributed by atoms with Crippen LogP contribution in [0.25, 0.3) is 10.2 Å². The number of hydrogen-bond donors (Lipinski definition) is 3. The summed E-state index contributed by atoms with van der Waals surface area (Å²) < 4.78 is 0. The molecule has 28 heavy (non-hydrogen) atoms. The molecule has 0 saturated heterocycles. The lowest BCUT2D eigenvalue weighted by atomic mass is 10.1. The van der Waals surface area contributed by atoms with Crippen LogP contribution in [-0.2, 0) is 19.3 Å². The molecule has 0 radical (unpaired) electrons. The Bertz CT molecular complexity index is 1080. The lowest BCUT2D eigenvalue weighted by Crippen LogP contribution is -2.17. The zero-order chi connectivity index (χ0) is 19.8. The number of fused-ring (bicyclic) bond motifs is 2. The highest BCUT2D eigenvalue weighted by Gasteiger charge is 2.27. The molecule has 0 spiro atoms. The number of rotatable bonds is 6. The lowest BCUT2D eigenvalue weighted by molar-refractivity contribution is 0.100. The van der Waals surface area contributed by atoms with Gasteiger partial charge in [0.15, 0.2) is 0 Å². The fourth-order valence-corrected chi connectivity index (χ4v) is 5.91. The van der Waals surface area contributed by atoms with Crippen molar-refractivity contribution in [1.29, 1.82) is 0 Å². The number of anilines is 2. The van der Waals surface area contributed by atoms with E-state index in [1.165, 1.54) is 22.7 Å². The van der Waals surface area contributed by atoms with Gasteiger partial charge in [-0.1, -0.05) is 13.3 Å². The molecule has 5 N–H and O–H groups in total. The Balaban J connectivity index is 1.64. The summed E-state index contributed by atoms with van der Waals surface area (Å²) in [6, 6.07) is 3.90. The quantitative estimate of drug-likeness (QED) is 0.563. The van der Waals surface area contributed by atoms with E-state index >= 15 is 0 Å². The maximum atomic E-state index is 12.9. The van der Waals surface area contributed by atoms with Gasteiger partial charge in [-0.15, -0.1) is 22.7 Å².